The van der Waals surface area contributed by atoms with E-state index >= 15 is 0 Å². The highest BCUT2D eigenvalue weighted by Crippen LogP contribution is 2.53. The summed E-state index contributed by atoms with van der Waals surface area (Å²) < 4.78 is 42.9. The van der Waals surface area contributed by atoms with Crippen molar-refractivity contribution < 1.29 is 13.2 Å². The van der Waals surface area contributed by atoms with Crippen LogP contribution in [0.2, 0.25) is 0 Å². The zero-order valence-electron chi connectivity index (χ0n) is 31.0. The number of hydrogen-bond donors (Lipinski definition) is 0. The first kappa shape index (κ1) is 34.1. The molecular weight excluding hydrogens is 670 g/mol. The Morgan fingerprint density at radius 3 is 1.83 bits per heavy atom. The first-order valence-electron chi connectivity index (χ1n) is 18.8. The van der Waals surface area contributed by atoms with E-state index in [0.29, 0.717) is 11.1 Å². The highest BCUT2D eigenvalue weighted by Gasteiger charge is 2.38. The minimum absolute atomic E-state index is 0.101. The summed E-state index contributed by atoms with van der Waals surface area (Å²) in [4.78, 5) is 0. The molecule has 7 aromatic rings. The Hall–Kier alpha value is -5.67. The van der Waals surface area contributed by atoms with Crippen LogP contribution < -0.4 is 0 Å². The smallest absolute Gasteiger partial charge is 0.194 e. The summed E-state index contributed by atoms with van der Waals surface area (Å²) in [6.07, 6.45) is 1.76. The summed E-state index contributed by atoms with van der Waals surface area (Å²) in [6, 6.07) is 50.2. The Kier molecular flexibility index (Phi) is 8.04. The third-order valence-electron chi connectivity index (χ3n) is 12.2. The van der Waals surface area contributed by atoms with Crippen molar-refractivity contribution in [3.8, 4) is 44.5 Å². The number of aryl methyl sites for hydroxylation is 1. The van der Waals surface area contributed by atoms with E-state index in [-0.39, 0.29) is 16.7 Å². The number of rotatable bonds is 7. The van der Waals surface area contributed by atoms with Crippen LogP contribution in [0.25, 0.3) is 44.5 Å². The summed E-state index contributed by atoms with van der Waals surface area (Å²) >= 11 is 0. The molecule has 0 radical (unpaired) electrons. The summed E-state index contributed by atoms with van der Waals surface area (Å²) in [5.41, 5.74) is 16.6. The van der Waals surface area contributed by atoms with Crippen LogP contribution in [0.15, 0.2) is 146 Å². The lowest BCUT2D eigenvalue weighted by Crippen LogP contribution is -2.16. The van der Waals surface area contributed by atoms with Gasteiger partial charge in [-0.05, 0) is 108 Å². The molecule has 0 bridgehead atoms. The third-order valence-corrected chi connectivity index (χ3v) is 12.2. The summed E-state index contributed by atoms with van der Waals surface area (Å²) in [6.45, 7) is 9.10. The minimum Gasteiger partial charge on any atom is -0.204 e. The minimum atomic E-state index is -1.45. The molecule has 0 aliphatic heterocycles. The van der Waals surface area contributed by atoms with Crippen LogP contribution in [0, 0.1) is 17.5 Å². The van der Waals surface area contributed by atoms with Gasteiger partial charge in [-0.15, -0.1) is 0 Å². The monoisotopic (exact) mass is 710 g/mol. The quantitative estimate of drug-likeness (QED) is 0.145. The van der Waals surface area contributed by atoms with Crippen molar-refractivity contribution in [2.75, 3.05) is 0 Å². The Labute approximate surface area is 316 Å². The SMILES string of the molecule is CC1(C)c2ccccc2-c2ccc(C(CCc3ccc4c(c3)C(C)(C)c3cccc(-c5cc(F)c(F)c(F)c5)c3-4)c3ccccc3-c3ccccc3)cc21. The second-order valence-electron chi connectivity index (χ2n) is 16.0. The van der Waals surface area contributed by atoms with E-state index in [1.165, 1.54) is 55.6 Å². The predicted molar refractivity (Wildman–Crippen MR) is 215 cm³/mol. The van der Waals surface area contributed by atoms with Gasteiger partial charge in [0.15, 0.2) is 17.5 Å². The van der Waals surface area contributed by atoms with Crippen molar-refractivity contribution in [3.05, 3.63) is 202 Å². The molecule has 7 aromatic carbocycles. The third kappa shape index (κ3) is 5.36. The van der Waals surface area contributed by atoms with Gasteiger partial charge in [-0.1, -0.05) is 161 Å². The lowest BCUT2D eigenvalue weighted by atomic mass is 9.78. The van der Waals surface area contributed by atoms with Crippen molar-refractivity contribution in [1.29, 1.82) is 0 Å². The van der Waals surface area contributed by atoms with Crippen LogP contribution in [0.3, 0.4) is 0 Å². The van der Waals surface area contributed by atoms with E-state index in [2.05, 4.69) is 149 Å². The maximum Gasteiger partial charge on any atom is 0.194 e. The summed E-state index contributed by atoms with van der Waals surface area (Å²) in [5, 5.41) is 0. The van der Waals surface area contributed by atoms with E-state index < -0.39 is 17.5 Å². The van der Waals surface area contributed by atoms with Gasteiger partial charge in [0.1, 0.15) is 0 Å². The molecule has 266 valence electrons. The molecule has 2 aliphatic rings. The van der Waals surface area contributed by atoms with E-state index in [1.54, 1.807) is 0 Å². The molecule has 3 heteroatoms. The van der Waals surface area contributed by atoms with Gasteiger partial charge in [-0.25, -0.2) is 13.2 Å². The molecular formula is C51H41F3. The first-order chi connectivity index (χ1) is 26.0. The second-order valence-corrected chi connectivity index (χ2v) is 16.0. The Morgan fingerprint density at radius 2 is 1.06 bits per heavy atom. The van der Waals surface area contributed by atoms with Gasteiger partial charge in [0.25, 0.3) is 0 Å². The molecule has 54 heavy (non-hydrogen) atoms. The van der Waals surface area contributed by atoms with Gasteiger partial charge in [-0.2, -0.15) is 0 Å². The lowest BCUT2D eigenvalue weighted by Gasteiger charge is -2.26. The van der Waals surface area contributed by atoms with E-state index in [9.17, 15) is 13.2 Å². The molecule has 0 saturated carbocycles. The van der Waals surface area contributed by atoms with Crippen LogP contribution in [0.5, 0.6) is 0 Å². The topological polar surface area (TPSA) is 0 Å². The molecule has 0 heterocycles. The number of benzene rings is 7. The van der Waals surface area contributed by atoms with Crippen molar-refractivity contribution in [2.24, 2.45) is 0 Å². The molecule has 0 amide bonds. The normalized spacial score (nSPS) is 14.9. The molecule has 0 N–H and O–H groups in total. The molecule has 1 atom stereocenters. The molecule has 2 aliphatic carbocycles. The Balaban J connectivity index is 1.12. The van der Waals surface area contributed by atoms with Gasteiger partial charge in [0.05, 0.1) is 0 Å². The van der Waals surface area contributed by atoms with Crippen molar-refractivity contribution in [1.82, 2.24) is 0 Å². The fraction of sp³-hybridized carbons (Fsp3) is 0.176. The molecule has 0 fully saturated rings. The molecule has 9 rings (SSSR count). The van der Waals surface area contributed by atoms with Gasteiger partial charge < -0.3 is 0 Å². The van der Waals surface area contributed by atoms with Crippen molar-refractivity contribution in [3.63, 3.8) is 0 Å². The molecule has 1 unspecified atom stereocenters. The van der Waals surface area contributed by atoms with Crippen molar-refractivity contribution in [2.45, 2.75) is 57.3 Å². The van der Waals surface area contributed by atoms with Gasteiger partial charge in [0.2, 0.25) is 0 Å². The van der Waals surface area contributed by atoms with Gasteiger partial charge >= 0.3 is 0 Å². The van der Waals surface area contributed by atoms with Crippen LogP contribution in [-0.4, -0.2) is 0 Å². The average Bonchev–Trinajstić information content (AvgIpc) is 3.56. The summed E-state index contributed by atoms with van der Waals surface area (Å²) in [5.74, 6) is -3.68. The zero-order valence-corrected chi connectivity index (χ0v) is 31.0. The maximum atomic E-state index is 14.4. The zero-order chi connectivity index (χ0) is 37.4. The first-order valence-corrected chi connectivity index (χ1v) is 18.8. The fourth-order valence-electron chi connectivity index (χ4n) is 9.37. The highest BCUT2D eigenvalue weighted by molar-refractivity contribution is 5.92. The number of fused-ring (bicyclic) bond motifs is 6. The van der Waals surface area contributed by atoms with Crippen LogP contribution in [0.4, 0.5) is 13.2 Å². The Bertz CT molecular complexity index is 2570. The Morgan fingerprint density at radius 1 is 0.463 bits per heavy atom. The highest BCUT2D eigenvalue weighted by atomic mass is 19.2. The molecule has 0 aromatic heterocycles. The largest absolute Gasteiger partial charge is 0.204 e. The average molecular weight is 711 g/mol. The molecule has 0 spiro atoms. The van der Waals surface area contributed by atoms with E-state index in [0.717, 1.165) is 41.7 Å². The second kappa shape index (κ2) is 12.7. The van der Waals surface area contributed by atoms with E-state index in [1.807, 2.05) is 12.1 Å². The summed E-state index contributed by atoms with van der Waals surface area (Å²) in [7, 11) is 0. The van der Waals surface area contributed by atoms with Crippen LogP contribution in [0.1, 0.15) is 79.0 Å². The van der Waals surface area contributed by atoms with Gasteiger partial charge in [-0.3, -0.25) is 0 Å². The lowest BCUT2D eigenvalue weighted by molar-refractivity contribution is 0.448. The van der Waals surface area contributed by atoms with Crippen LogP contribution >= 0.6 is 0 Å². The van der Waals surface area contributed by atoms with E-state index in [4.69, 9.17) is 0 Å². The maximum absolute atomic E-state index is 14.4. The van der Waals surface area contributed by atoms with Gasteiger partial charge in [0, 0.05) is 16.7 Å². The molecule has 0 nitrogen and oxygen atoms in total. The predicted octanol–water partition coefficient (Wildman–Crippen LogP) is 13.8. The number of halogens is 3. The van der Waals surface area contributed by atoms with Crippen LogP contribution in [-0.2, 0) is 17.3 Å². The fourth-order valence-corrected chi connectivity index (χ4v) is 9.37. The van der Waals surface area contributed by atoms with Crippen molar-refractivity contribution >= 4 is 0 Å². The molecule has 0 saturated heterocycles. The standard InChI is InChI=1S/C51H41F3/c1-50(2)42-19-11-10-17-39(42)40-26-23-33(28-45(40)50)36(38-16-9-8-15-35(38)32-13-6-5-7-14-32)24-21-31-22-25-41-44(27-31)51(3,4)43-20-12-18-37(48(41)43)34-29-46(52)49(54)47(53)30-34/h5-20,22-23,25-30,36H,21,24H2,1-4H3. The number of hydrogen-bond acceptors (Lipinski definition) is 0.